The van der Waals surface area contributed by atoms with Crippen LogP contribution in [0.15, 0.2) is 24.4 Å². The first-order valence-corrected chi connectivity index (χ1v) is 6.11. The molecule has 0 N–H and O–H groups in total. The van der Waals surface area contributed by atoms with E-state index in [1.165, 1.54) is 0 Å². The quantitative estimate of drug-likeness (QED) is 0.768. The number of benzene rings is 1. The normalized spacial score (nSPS) is 10.6. The molecular weight excluding hydrogens is 279 g/mol. The Morgan fingerprint density at radius 3 is 2.59 bits per heavy atom. The Labute approximate surface area is 115 Å². The molecule has 0 saturated carbocycles. The minimum atomic E-state index is 0.255. The number of hydrogen-bond donors (Lipinski definition) is 0. The van der Waals surface area contributed by atoms with Crippen molar-refractivity contribution in [2.24, 2.45) is 0 Å². The second-order valence-corrected chi connectivity index (χ2v) is 4.85. The number of aromatic nitrogens is 2. The maximum atomic E-state index is 5.96. The fraction of sp³-hybridized carbons (Fsp3) is 0.167. The topological polar surface area (TPSA) is 25.8 Å². The van der Waals surface area contributed by atoms with Gasteiger partial charge in [-0.05, 0) is 41.8 Å². The Hall–Kier alpha value is -0.830. The molecule has 0 spiro atoms. The summed E-state index contributed by atoms with van der Waals surface area (Å²) in [7, 11) is 0. The SMILES string of the molecule is Cc1cnc(Cl)nc1Cc1ccc(Cl)c(Cl)c1. The maximum absolute atomic E-state index is 5.96. The molecule has 1 aromatic carbocycles. The van der Waals surface area contributed by atoms with E-state index in [0.29, 0.717) is 16.5 Å². The summed E-state index contributed by atoms with van der Waals surface area (Å²) in [6.07, 6.45) is 2.37. The lowest BCUT2D eigenvalue weighted by molar-refractivity contribution is 0.996. The molecule has 0 amide bonds. The second kappa shape index (κ2) is 5.21. The Morgan fingerprint density at radius 1 is 1.12 bits per heavy atom. The Bertz CT molecular complexity index is 555. The molecule has 2 nitrogen and oxygen atoms in total. The van der Waals surface area contributed by atoms with E-state index in [1.807, 2.05) is 19.1 Å². The van der Waals surface area contributed by atoms with Crippen LogP contribution in [0.25, 0.3) is 0 Å². The molecule has 2 aromatic rings. The average molecular weight is 288 g/mol. The van der Waals surface area contributed by atoms with Gasteiger partial charge < -0.3 is 0 Å². The first-order chi connectivity index (χ1) is 8.06. The molecular formula is C12H9Cl3N2. The smallest absolute Gasteiger partial charge is 0.222 e. The van der Waals surface area contributed by atoms with Crippen LogP contribution in [0.1, 0.15) is 16.8 Å². The van der Waals surface area contributed by atoms with Gasteiger partial charge in [0, 0.05) is 12.6 Å². The summed E-state index contributed by atoms with van der Waals surface area (Å²) < 4.78 is 0. The molecule has 0 atom stereocenters. The van der Waals surface area contributed by atoms with E-state index in [9.17, 15) is 0 Å². The highest BCUT2D eigenvalue weighted by Gasteiger charge is 2.06. The minimum absolute atomic E-state index is 0.255. The standard InChI is InChI=1S/C12H9Cl3N2/c1-7-6-16-12(15)17-11(7)5-8-2-3-9(13)10(14)4-8/h2-4,6H,5H2,1H3. The fourth-order valence-electron chi connectivity index (χ4n) is 1.47. The predicted molar refractivity (Wildman–Crippen MR) is 71.0 cm³/mol. The average Bonchev–Trinajstić information content (AvgIpc) is 2.29. The van der Waals surface area contributed by atoms with E-state index in [-0.39, 0.29) is 5.28 Å². The van der Waals surface area contributed by atoms with Gasteiger partial charge in [-0.25, -0.2) is 9.97 Å². The highest BCUT2D eigenvalue weighted by atomic mass is 35.5. The molecule has 1 aromatic heterocycles. The van der Waals surface area contributed by atoms with Gasteiger partial charge in [-0.15, -0.1) is 0 Å². The van der Waals surface area contributed by atoms with Crippen molar-refractivity contribution >= 4 is 34.8 Å². The van der Waals surface area contributed by atoms with E-state index in [1.54, 1.807) is 12.3 Å². The number of aryl methyl sites for hydroxylation is 1. The highest BCUT2D eigenvalue weighted by molar-refractivity contribution is 6.42. The Kier molecular flexibility index (Phi) is 3.87. The van der Waals surface area contributed by atoms with Gasteiger partial charge in [0.25, 0.3) is 0 Å². The van der Waals surface area contributed by atoms with Gasteiger partial charge >= 0.3 is 0 Å². The Morgan fingerprint density at radius 2 is 1.88 bits per heavy atom. The highest BCUT2D eigenvalue weighted by Crippen LogP contribution is 2.24. The predicted octanol–water partition coefficient (Wildman–Crippen LogP) is 4.34. The van der Waals surface area contributed by atoms with E-state index >= 15 is 0 Å². The fourth-order valence-corrected chi connectivity index (χ4v) is 1.95. The molecule has 0 aliphatic heterocycles. The minimum Gasteiger partial charge on any atom is -0.226 e. The number of nitrogens with zero attached hydrogens (tertiary/aromatic N) is 2. The van der Waals surface area contributed by atoms with E-state index in [4.69, 9.17) is 34.8 Å². The van der Waals surface area contributed by atoms with Crippen molar-refractivity contribution in [2.75, 3.05) is 0 Å². The third kappa shape index (κ3) is 3.09. The van der Waals surface area contributed by atoms with Crippen LogP contribution in [0, 0.1) is 6.92 Å². The number of hydrogen-bond acceptors (Lipinski definition) is 2. The van der Waals surface area contributed by atoms with Crippen LogP contribution >= 0.6 is 34.8 Å². The van der Waals surface area contributed by atoms with Gasteiger partial charge in [0.15, 0.2) is 0 Å². The molecule has 5 heteroatoms. The van der Waals surface area contributed by atoms with Crippen molar-refractivity contribution in [3.05, 3.63) is 56.5 Å². The van der Waals surface area contributed by atoms with Crippen molar-refractivity contribution in [3.63, 3.8) is 0 Å². The molecule has 17 heavy (non-hydrogen) atoms. The molecule has 0 aliphatic carbocycles. The summed E-state index contributed by atoms with van der Waals surface area (Å²) in [6.45, 7) is 1.95. The van der Waals surface area contributed by atoms with Crippen LogP contribution in [0.4, 0.5) is 0 Å². The largest absolute Gasteiger partial charge is 0.226 e. The summed E-state index contributed by atoms with van der Waals surface area (Å²) in [5.41, 5.74) is 2.93. The summed E-state index contributed by atoms with van der Waals surface area (Å²) in [6, 6.07) is 5.53. The molecule has 1 heterocycles. The summed E-state index contributed by atoms with van der Waals surface area (Å²) in [4.78, 5) is 8.12. The van der Waals surface area contributed by atoms with E-state index < -0.39 is 0 Å². The van der Waals surface area contributed by atoms with Gasteiger partial charge in [-0.2, -0.15) is 0 Å². The van der Waals surface area contributed by atoms with Crippen LogP contribution in [0.5, 0.6) is 0 Å². The molecule has 0 bridgehead atoms. The summed E-state index contributed by atoms with van der Waals surface area (Å²) in [5.74, 6) is 0. The monoisotopic (exact) mass is 286 g/mol. The molecule has 2 rings (SSSR count). The van der Waals surface area contributed by atoms with Gasteiger partial charge in [0.2, 0.25) is 5.28 Å². The van der Waals surface area contributed by atoms with E-state index in [2.05, 4.69) is 9.97 Å². The molecule has 0 aliphatic rings. The summed E-state index contributed by atoms with van der Waals surface area (Å²) in [5, 5.41) is 1.35. The van der Waals surface area contributed by atoms with Crippen LogP contribution in [-0.4, -0.2) is 9.97 Å². The van der Waals surface area contributed by atoms with Gasteiger partial charge in [0.05, 0.1) is 15.7 Å². The van der Waals surface area contributed by atoms with Gasteiger partial charge in [-0.3, -0.25) is 0 Å². The Balaban J connectivity index is 2.31. The van der Waals surface area contributed by atoms with Crippen LogP contribution in [-0.2, 0) is 6.42 Å². The van der Waals surface area contributed by atoms with Crippen LogP contribution < -0.4 is 0 Å². The van der Waals surface area contributed by atoms with Crippen molar-refractivity contribution < 1.29 is 0 Å². The zero-order valence-electron chi connectivity index (χ0n) is 9.04. The number of rotatable bonds is 2. The third-order valence-electron chi connectivity index (χ3n) is 2.40. The van der Waals surface area contributed by atoms with Crippen LogP contribution in [0.2, 0.25) is 15.3 Å². The lowest BCUT2D eigenvalue weighted by Crippen LogP contribution is -1.98. The second-order valence-electron chi connectivity index (χ2n) is 3.69. The first kappa shape index (κ1) is 12.6. The zero-order chi connectivity index (χ0) is 12.4. The van der Waals surface area contributed by atoms with Crippen molar-refractivity contribution in [1.29, 1.82) is 0 Å². The number of halogens is 3. The van der Waals surface area contributed by atoms with Gasteiger partial charge in [0.1, 0.15) is 0 Å². The van der Waals surface area contributed by atoms with Crippen LogP contribution in [0.3, 0.4) is 0 Å². The van der Waals surface area contributed by atoms with E-state index in [0.717, 1.165) is 16.8 Å². The van der Waals surface area contributed by atoms with Crippen molar-refractivity contribution in [2.45, 2.75) is 13.3 Å². The van der Waals surface area contributed by atoms with Crippen molar-refractivity contribution in [1.82, 2.24) is 9.97 Å². The molecule has 88 valence electrons. The van der Waals surface area contributed by atoms with Gasteiger partial charge in [-0.1, -0.05) is 29.3 Å². The molecule has 0 fully saturated rings. The maximum Gasteiger partial charge on any atom is 0.222 e. The lowest BCUT2D eigenvalue weighted by Gasteiger charge is -2.06. The molecule has 0 radical (unpaired) electrons. The molecule has 0 saturated heterocycles. The lowest BCUT2D eigenvalue weighted by atomic mass is 10.1. The first-order valence-electron chi connectivity index (χ1n) is 4.98. The summed E-state index contributed by atoms with van der Waals surface area (Å²) >= 11 is 17.6. The molecule has 0 unspecified atom stereocenters. The third-order valence-corrected chi connectivity index (χ3v) is 3.32. The van der Waals surface area contributed by atoms with Crippen molar-refractivity contribution in [3.8, 4) is 0 Å². The zero-order valence-corrected chi connectivity index (χ0v) is 11.3.